The number of carbonyl (C=O) groups excluding carboxylic acids is 1. The van der Waals surface area contributed by atoms with E-state index >= 15 is 0 Å². The standard InChI is InChI=1S/C12H15N3O/c1-14-12(16)11(13)9-7-15(2)10-6-4-3-5-8(9)10/h3-7,11H,13H2,1-2H3,(H,14,16). The van der Waals surface area contributed by atoms with Crippen LogP contribution in [0.25, 0.3) is 10.9 Å². The van der Waals surface area contributed by atoms with E-state index in [2.05, 4.69) is 5.32 Å². The van der Waals surface area contributed by atoms with Crippen LogP contribution in [-0.2, 0) is 11.8 Å². The first-order valence-corrected chi connectivity index (χ1v) is 5.16. The second kappa shape index (κ2) is 3.98. The molecule has 0 radical (unpaired) electrons. The Morgan fingerprint density at radius 1 is 1.44 bits per heavy atom. The first kappa shape index (κ1) is 10.7. The highest BCUT2D eigenvalue weighted by molar-refractivity contribution is 5.91. The van der Waals surface area contributed by atoms with Gasteiger partial charge >= 0.3 is 0 Å². The first-order valence-electron chi connectivity index (χ1n) is 5.16. The maximum absolute atomic E-state index is 11.5. The second-order valence-corrected chi connectivity index (χ2v) is 3.80. The topological polar surface area (TPSA) is 60.1 Å². The molecule has 1 amide bonds. The van der Waals surface area contributed by atoms with E-state index in [1.54, 1.807) is 7.05 Å². The molecular weight excluding hydrogens is 202 g/mol. The molecule has 1 atom stereocenters. The van der Waals surface area contributed by atoms with Crippen LogP contribution in [0.1, 0.15) is 11.6 Å². The van der Waals surface area contributed by atoms with Crippen LogP contribution in [0.5, 0.6) is 0 Å². The number of hydrogen-bond donors (Lipinski definition) is 2. The van der Waals surface area contributed by atoms with Crippen molar-refractivity contribution in [2.75, 3.05) is 7.05 Å². The van der Waals surface area contributed by atoms with Gasteiger partial charge in [0.15, 0.2) is 0 Å². The molecule has 2 rings (SSSR count). The minimum atomic E-state index is -0.615. The Morgan fingerprint density at radius 3 is 2.81 bits per heavy atom. The van der Waals surface area contributed by atoms with Crippen molar-refractivity contribution in [1.82, 2.24) is 9.88 Å². The van der Waals surface area contributed by atoms with Crippen LogP contribution >= 0.6 is 0 Å². The first-order chi connectivity index (χ1) is 7.65. The summed E-state index contributed by atoms with van der Waals surface area (Å²) < 4.78 is 1.98. The Hall–Kier alpha value is -1.81. The molecule has 1 heterocycles. The summed E-state index contributed by atoms with van der Waals surface area (Å²) in [6, 6.07) is 7.29. The van der Waals surface area contributed by atoms with E-state index in [0.717, 1.165) is 16.5 Å². The van der Waals surface area contributed by atoms with Crippen molar-refractivity contribution in [2.24, 2.45) is 12.8 Å². The molecule has 2 aromatic rings. The van der Waals surface area contributed by atoms with E-state index in [0.29, 0.717) is 0 Å². The second-order valence-electron chi connectivity index (χ2n) is 3.80. The molecule has 1 unspecified atom stereocenters. The molecule has 0 aliphatic heterocycles. The number of aryl methyl sites for hydroxylation is 1. The van der Waals surface area contributed by atoms with Crippen LogP contribution in [0, 0.1) is 0 Å². The summed E-state index contributed by atoms with van der Waals surface area (Å²) in [5, 5.41) is 3.59. The molecule has 4 nitrogen and oxygen atoms in total. The molecule has 0 spiro atoms. The highest BCUT2D eigenvalue weighted by Gasteiger charge is 2.18. The van der Waals surface area contributed by atoms with Crippen molar-refractivity contribution in [3.8, 4) is 0 Å². The van der Waals surface area contributed by atoms with Gasteiger partial charge in [-0.25, -0.2) is 0 Å². The van der Waals surface area contributed by atoms with E-state index in [4.69, 9.17) is 5.73 Å². The van der Waals surface area contributed by atoms with Gasteiger partial charge in [-0.1, -0.05) is 18.2 Å². The van der Waals surface area contributed by atoms with Gasteiger partial charge in [0, 0.05) is 36.8 Å². The molecule has 1 aromatic heterocycles. The number of fused-ring (bicyclic) bond motifs is 1. The van der Waals surface area contributed by atoms with Crippen LogP contribution in [0.3, 0.4) is 0 Å². The molecule has 84 valence electrons. The maximum Gasteiger partial charge on any atom is 0.241 e. The minimum Gasteiger partial charge on any atom is -0.358 e. The number of para-hydroxylation sites is 1. The molecule has 3 N–H and O–H groups in total. The lowest BCUT2D eigenvalue weighted by molar-refractivity contribution is -0.121. The molecule has 0 bridgehead atoms. The van der Waals surface area contributed by atoms with Crippen LogP contribution < -0.4 is 11.1 Å². The van der Waals surface area contributed by atoms with E-state index in [-0.39, 0.29) is 5.91 Å². The monoisotopic (exact) mass is 217 g/mol. The SMILES string of the molecule is CNC(=O)C(N)c1cn(C)c2ccccc12. The molecule has 0 aliphatic rings. The van der Waals surface area contributed by atoms with Gasteiger partial charge in [-0.05, 0) is 6.07 Å². The Balaban J connectivity index is 2.57. The fourth-order valence-corrected chi connectivity index (χ4v) is 1.92. The van der Waals surface area contributed by atoms with Gasteiger partial charge < -0.3 is 15.6 Å². The third kappa shape index (κ3) is 1.57. The van der Waals surface area contributed by atoms with E-state index in [1.165, 1.54) is 0 Å². The Morgan fingerprint density at radius 2 is 2.12 bits per heavy atom. The summed E-state index contributed by atoms with van der Waals surface area (Å²) in [7, 11) is 3.54. The van der Waals surface area contributed by atoms with Gasteiger partial charge in [-0.3, -0.25) is 4.79 Å². The molecule has 0 saturated heterocycles. The number of carbonyl (C=O) groups is 1. The Labute approximate surface area is 94.0 Å². The zero-order chi connectivity index (χ0) is 11.7. The lowest BCUT2D eigenvalue weighted by atomic mass is 10.1. The summed E-state index contributed by atoms with van der Waals surface area (Å²) in [4.78, 5) is 11.5. The molecule has 0 fully saturated rings. The lowest BCUT2D eigenvalue weighted by Gasteiger charge is -2.08. The molecular formula is C12H15N3O. The lowest BCUT2D eigenvalue weighted by Crippen LogP contribution is -2.31. The number of aromatic nitrogens is 1. The molecule has 16 heavy (non-hydrogen) atoms. The van der Waals surface area contributed by atoms with E-state index < -0.39 is 6.04 Å². The summed E-state index contributed by atoms with van der Waals surface area (Å²) in [6.07, 6.45) is 1.91. The van der Waals surface area contributed by atoms with Crippen LogP contribution in [-0.4, -0.2) is 17.5 Å². The minimum absolute atomic E-state index is 0.170. The predicted molar refractivity (Wildman–Crippen MR) is 63.9 cm³/mol. The van der Waals surface area contributed by atoms with Crippen molar-refractivity contribution < 1.29 is 4.79 Å². The third-order valence-corrected chi connectivity index (χ3v) is 2.79. The highest BCUT2D eigenvalue weighted by Crippen LogP contribution is 2.24. The molecule has 1 aromatic carbocycles. The largest absolute Gasteiger partial charge is 0.358 e. The van der Waals surface area contributed by atoms with Crippen molar-refractivity contribution >= 4 is 16.8 Å². The van der Waals surface area contributed by atoms with Crippen molar-refractivity contribution in [3.63, 3.8) is 0 Å². The number of nitrogens with two attached hydrogens (primary N) is 1. The fourth-order valence-electron chi connectivity index (χ4n) is 1.92. The van der Waals surface area contributed by atoms with Gasteiger partial charge in [0.05, 0.1) is 0 Å². The van der Waals surface area contributed by atoms with E-state index in [1.807, 2.05) is 42.1 Å². The average molecular weight is 217 g/mol. The Kier molecular flexibility index (Phi) is 2.66. The predicted octanol–water partition coefficient (Wildman–Crippen LogP) is 0.924. The van der Waals surface area contributed by atoms with Gasteiger partial charge in [-0.2, -0.15) is 0 Å². The van der Waals surface area contributed by atoms with Crippen molar-refractivity contribution in [1.29, 1.82) is 0 Å². The van der Waals surface area contributed by atoms with E-state index in [9.17, 15) is 4.79 Å². The highest BCUT2D eigenvalue weighted by atomic mass is 16.2. The number of hydrogen-bond acceptors (Lipinski definition) is 2. The van der Waals surface area contributed by atoms with Crippen molar-refractivity contribution in [2.45, 2.75) is 6.04 Å². The fraction of sp³-hybridized carbons (Fsp3) is 0.250. The van der Waals surface area contributed by atoms with Gasteiger partial charge in [-0.15, -0.1) is 0 Å². The molecule has 4 heteroatoms. The normalized spacial score (nSPS) is 12.7. The number of amides is 1. The number of nitrogens with zero attached hydrogens (tertiary/aromatic N) is 1. The summed E-state index contributed by atoms with van der Waals surface area (Å²) >= 11 is 0. The maximum atomic E-state index is 11.5. The van der Waals surface area contributed by atoms with Crippen LogP contribution in [0.15, 0.2) is 30.5 Å². The van der Waals surface area contributed by atoms with Gasteiger partial charge in [0.25, 0.3) is 0 Å². The average Bonchev–Trinajstić information content (AvgIpc) is 2.65. The van der Waals surface area contributed by atoms with Crippen LogP contribution in [0.2, 0.25) is 0 Å². The number of nitrogens with one attached hydrogen (secondary N) is 1. The van der Waals surface area contributed by atoms with Gasteiger partial charge in [0.2, 0.25) is 5.91 Å². The molecule has 0 saturated carbocycles. The Bertz CT molecular complexity index is 530. The van der Waals surface area contributed by atoms with Crippen molar-refractivity contribution in [3.05, 3.63) is 36.0 Å². The van der Waals surface area contributed by atoms with Gasteiger partial charge in [0.1, 0.15) is 6.04 Å². The quantitative estimate of drug-likeness (QED) is 0.786. The zero-order valence-electron chi connectivity index (χ0n) is 9.40. The summed E-state index contributed by atoms with van der Waals surface area (Å²) in [5.74, 6) is -0.170. The number of rotatable bonds is 2. The molecule has 0 aliphatic carbocycles. The smallest absolute Gasteiger partial charge is 0.241 e. The summed E-state index contributed by atoms with van der Waals surface area (Å²) in [6.45, 7) is 0. The third-order valence-electron chi connectivity index (χ3n) is 2.79. The zero-order valence-corrected chi connectivity index (χ0v) is 9.40. The van der Waals surface area contributed by atoms with Crippen LogP contribution in [0.4, 0.5) is 0 Å². The number of likely N-dealkylation sites (N-methyl/N-ethyl adjacent to an activating group) is 1. The number of benzene rings is 1. The summed E-state index contributed by atoms with van der Waals surface area (Å²) in [5.41, 5.74) is 7.84.